The first kappa shape index (κ1) is 16.0. The molecule has 0 spiro atoms. The quantitative estimate of drug-likeness (QED) is 0.292. The van der Waals surface area contributed by atoms with Crippen molar-refractivity contribution >= 4 is 38.8 Å². The van der Waals surface area contributed by atoms with Crippen molar-refractivity contribution in [3.05, 3.63) is 125 Å². The standard InChI is InChI=1S/C27H16N2/c28-29-27-23(18-9-3-1-4-10-18)25-20-15-7-13-17-14-8-16-21(22(17)20)26(25)24(27)19-11-5-2-6-12-19/h1-16H. The average molecular weight is 368 g/mol. The van der Waals surface area contributed by atoms with E-state index < -0.39 is 0 Å². The van der Waals surface area contributed by atoms with Crippen LogP contribution in [-0.4, -0.2) is 10.5 Å². The van der Waals surface area contributed by atoms with Gasteiger partial charge in [0.25, 0.3) is 0 Å². The van der Waals surface area contributed by atoms with Crippen LogP contribution in [0.1, 0.15) is 22.3 Å². The average Bonchev–Trinajstić information content (AvgIpc) is 3.30. The van der Waals surface area contributed by atoms with E-state index in [9.17, 15) is 5.53 Å². The van der Waals surface area contributed by atoms with Crippen LogP contribution in [0.2, 0.25) is 0 Å². The van der Waals surface area contributed by atoms with Crippen molar-refractivity contribution in [1.29, 1.82) is 0 Å². The van der Waals surface area contributed by atoms with Crippen LogP contribution in [0.15, 0.2) is 97.1 Å². The van der Waals surface area contributed by atoms with E-state index in [2.05, 4.69) is 65.5 Å². The lowest BCUT2D eigenvalue weighted by Gasteiger charge is -2.06. The van der Waals surface area contributed by atoms with Crippen LogP contribution in [-0.2, 0) is 0 Å². The molecule has 0 heterocycles. The molecular formula is C27H16N2. The number of rotatable bonds is 2. The molecule has 6 rings (SSSR count). The minimum atomic E-state index is 0.638. The maximum Gasteiger partial charge on any atom is 0.332 e. The van der Waals surface area contributed by atoms with E-state index in [4.69, 9.17) is 0 Å². The summed E-state index contributed by atoms with van der Waals surface area (Å²) in [5.41, 5.74) is 19.6. The predicted octanol–water partition coefficient (Wildman–Crippen LogP) is 6.36. The number of fused-ring (bicyclic) bond motifs is 3. The molecular weight excluding hydrogens is 352 g/mol. The van der Waals surface area contributed by atoms with E-state index in [1.807, 2.05) is 36.4 Å². The summed E-state index contributed by atoms with van der Waals surface area (Å²) in [5.74, 6) is 0. The number of allylic oxidation sites excluding steroid dienone is 4. The second-order valence-electron chi connectivity index (χ2n) is 7.39. The van der Waals surface area contributed by atoms with Crippen molar-refractivity contribution in [3.8, 4) is 0 Å². The number of benzene rings is 4. The monoisotopic (exact) mass is 368 g/mol. The molecule has 0 bridgehead atoms. The van der Waals surface area contributed by atoms with Gasteiger partial charge in [0.1, 0.15) is 0 Å². The first-order chi connectivity index (χ1) is 14.4. The molecule has 134 valence electrons. The van der Waals surface area contributed by atoms with E-state index >= 15 is 0 Å². The fourth-order valence-corrected chi connectivity index (χ4v) is 4.78. The molecule has 0 saturated carbocycles. The van der Waals surface area contributed by atoms with Crippen LogP contribution >= 0.6 is 0 Å². The molecule has 0 unspecified atom stereocenters. The molecule has 4 aromatic rings. The van der Waals surface area contributed by atoms with Gasteiger partial charge in [0, 0.05) is 11.1 Å². The zero-order chi connectivity index (χ0) is 19.4. The van der Waals surface area contributed by atoms with Gasteiger partial charge in [0.2, 0.25) is 0 Å². The first-order valence-electron chi connectivity index (χ1n) is 9.73. The van der Waals surface area contributed by atoms with Crippen LogP contribution in [0.25, 0.3) is 38.6 Å². The highest BCUT2D eigenvalue weighted by atomic mass is 14.9. The third-order valence-corrected chi connectivity index (χ3v) is 5.89. The molecule has 0 atom stereocenters. The molecule has 29 heavy (non-hydrogen) atoms. The fraction of sp³-hybridized carbons (Fsp3) is 0. The van der Waals surface area contributed by atoms with Crippen molar-refractivity contribution in [3.63, 3.8) is 0 Å². The lowest BCUT2D eigenvalue weighted by atomic mass is 9.92. The maximum atomic E-state index is 10.1. The first-order valence-corrected chi connectivity index (χ1v) is 9.73. The fourth-order valence-electron chi connectivity index (χ4n) is 4.78. The normalized spacial score (nSPS) is 14.6. The van der Waals surface area contributed by atoms with Gasteiger partial charge in [0.05, 0.1) is 11.1 Å². The summed E-state index contributed by atoms with van der Waals surface area (Å²) in [6.45, 7) is 0. The molecule has 0 aliphatic heterocycles. The van der Waals surface area contributed by atoms with E-state index in [1.54, 1.807) is 0 Å². The Morgan fingerprint density at radius 2 is 0.966 bits per heavy atom. The minimum Gasteiger partial charge on any atom is -0.361 e. The van der Waals surface area contributed by atoms with E-state index in [0.717, 1.165) is 33.4 Å². The van der Waals surface area contributed by atoms with E-state index in [1.165, 1.54) is 21.9 Å². The van der Waals surface area contributed by atoms with Gasteiger partial charge >= 0.3 is 5.71 Å². The SMILES string of the molecule is [N-]=[N+]=C1C(c2ccccc2)=C2C(=C1c1ccccc1)c1cccc3cccc2c13. The van der Waals surface area contributed by atoms with Gasteiger partial charge in [-0.05, 0) is 33.0 Å². The molecule has 2 heteroatoms. The largest absolute Gasteiger partial charge is 0.361 e. The zero-order valence-electron chi connectivity index (χ0n) is 15.6. The minimum absolute atomic E-state index is 0.638. The van der Waals surface area contributed by atoms with Crippen molar-refractivity contribution in [2.75, 3.05) is 0 Å². The Labute approximate surface area is 168 Å². The zero-order valence-corrected chi connectivity index (χ0v) is 15.6. The topological polar surface area (TPSA) is 36.4 Å². The third kappa shape index (κ3) is 2.12. The van der Waals surface area contributed by atoms with Crippen molar-refractivity contribution in [2.45, 2.75) is 0 Å². The Bertz CT molecular complexity index is 1320. The van der Waals surface area contributed by atoms with Gasteiger partial charge in [-0.1, -0.05) is 97.1 Å². The van der Waals surface area contributed by atoms with Gasteiger partial charge in [-0.15, -0.1) is 0 Å². The molecule has 0 fully saturated rings. The third-order valence-electron chi connectivity index (χ3n) is 5.89. The Morgan fingerprint density at radius 3 is 1.41 bits per heavy atom. The Morgan fingerprint density at radius 1 is 0.483 bits per heavy atom. The molecule has 0 amide bonds. The molecule has 2 aliphatic rings. The lowest BCUT2D eigenvalue weighted by Crippen LogP contribution is -2.04. The smallest absolute Gasteiger partial charge is 0.332 e. The highest BCUT2D eigenvalue weighted by Gasteiger charge is 2.43. The lowest BCUT2D eigenvalue weighted by molar-refractivity contribution is 0.000363. The maximum absolute atomic E-state index is 10.1. The van der Waals surface area contributed by atoms with Crippen LogP contribution < -0.4 is 0 Å². The van der Waals surface area contributed by atoms with E-state index in [0.29, 0.717) is 5.71 Å². The summed E-state index contributed by atoms with van der Waals surface area (Å²) in [7, 11) is 0. The molecule has 2 aliphatic carbocycles. The summed E-state index contributed by atoms with van der Waals surface area (Å²) in [6, 6.07) is 33.4. The van der Waals surface area contributed by atoms with Crippen LogP contribution in [0.3, 0.4) is 0 Å². The van der Waals surface area contributed by atoms with E-state index in [-0.39, 0.29) is 0 Å². The summed E-state index contributed by atoms with van der Waals surface area (Å²) < 4.78 is 0. The molecule has 4 aromatic carbocycles. The Balaban J connectivity index is 1.81. The summed E-state index contributed by atoms with van der Waals surface area (Å²) in [5, 5.41) is 2.51. The van der Waals surface area contributed by atoms with Crippen LogP contribution in [0.4, 0.5) is 0 Å². The molecule has 0 N–H and O–H groups in total. The van der Waals surface area contributed by atoms with Gasteiger partial charge in [-0.25, -0.2) is 0 Å². The van der Waals surface area contributed by atoms with Crippen molar-refractivity contribution < 1.29 is 4.79 Å². The second-order valence-corrected chi connectivity index (χ2v) is 7.39. The van der Waals surface area contributed by atoms with Gasteiger partial charge in [-0.2, -0.15) is 4.79 Å². The second kappa shape index (κ2) is 6.00. The number of hydrogen-bond donors (Lipinski definition) is 0. The van der Waals surface area contributed by atoms with Crippen molar-refractivity contribution in [1.82, 2.24) is 0 Å². The van der Waals surface area contributed by atoms with Crippen LogP contribution in [0.5, 0.6) is 0 Å². The molecule has 2 nitrogen and oxygen atoms in total. The van der Waals surface area contributed by atoms with Crippen LogP contribution in [0, 0.1) is 0 Å². The molecule has 0 saturated heterocycles. The Hall–Kier alpha value is -4.00. The number of nitrogens with zero attached hydrogens (tertiary/aromatic N) is 2. The van der Waals surface area contributed by atoms with Gasteiger partial charge < -0.3 is 5.53 Å². The highest BCUT2D eigenvalue weighted by molar-refractivity contribution is 6.61. The predicted molar refractivity (Wildman–Crippen MR) is 119 cm³/mol. The van der Waals surface area contributed by atoms with Gasteiger partial charge in [-0.3, -0.25) is 0 Å². The number of hydrogen-bond acceptors (Lipinski definition) is 0. The summed E-state index contributed by atoms with van der Waals surface area (Å²) in [4.78, 5) is 3.82. The summed E-state index contributed by atoms with van der Waals surface area (Å²) >= 11 is 0. The Kier molecular flexibility index (Phi) is 3.31. The molecule has 0 radical (unpaired) electrons. The molecule has 0 aromatic heterocycles. The van der Waals surface area contributed by atoms with Crippen molar-refractivity contribution in [2.24, 2.45) is 0 Å². The van der Waals surface area contributed by atoms with Gasteiger partial charge in [0.15, 0.2) is 0 Å². The highest BCUT2D eigenvalue weighted by Crippen LogP contribution is 2.56. The summed E-state index contributed by atoms with van der Waals surface area (Å²) in [6.07, 6.45) is 0.